The molecule has 0 unspecified atom stereocenters. The highest BCUT2D eigenvalue weighted by atomic mass is 32.2. The van der Waals surface area contributed by atoms with E-state index in [1.165, 1.54) is 11.8 Å². The molecular weight excluding hydrogens is 184 g/mol. The highest BCUT2D eigenvalue weighted by molar-refractivity contribution is 7.99. The molecule has 0 bridgehead atoms. The van der Waals surface area contributed by atoms with Gasteiger partial charge in [-0.1, -0.05) is 24.4 Å². The third-order valence-electron chi connectivity index (χ3n) is 1.42. The van der Waals surface area contributed by atoms with E-state index in [1.807, 2.05) is 24.3 Å². The van der Waals surface area contributed by atoms with Crippen LogP contribution in [-0.4, -0.2) is 17.7 Å². The first kappa shape index (κ1) is 10.2. The van der Waals surface area contributed by atoms with Crippen LogP contribution in [0.2, 0.25) is 0 Å². The first-order chi connectivity index (χ1) is 6.36. The molecule has 0 fully saturated rings. The fourth-order valence-electron chi connectivity index (χ4n) is 0.862. The average molecular weight is 196 g/mol. The minimum absolute atomic E-state index is 0.104. The van der Waals surface area contributed by atoms with Crippen molar-refractivity contribution in [3.63, 3.8) is 0 Å². The summed E-state index contributed by atoms with van der Waals surface area (Å²) in [6, 6.07) is 7.58. The summed E-state index contributed by atoms with van der Waals surface area (Å²) >= 11 is 1.39. The van der Waals surface area contributed by atoms with Crippen molar-refractivity contribution in [1.29, 1.82) is 0 Å². The number of aliphatic hydroxyl groups is 1. The summed E-state index contributed by atoms with van der Waals surface area (Å²) in [5.41, 5.74) is 0. The zero-order chi connectivity index (χ0) is 9.52. The van der Waals surface area contributed by atoms with Crippen LogP contribution < -0.4 is 4.74 Å². The van der Waals surface area contributed by atoms with E-state index >= 15 is 0 Å². The third kappa shape index (κ3) is 3.53. The first-order valence-electron chi connectivity index (χ1n) is 3.94. The van der Waals surface area contributed by atoms with E-state index in [9.17, 15) is 0 Å². The monoisotopic (exact) mass is 196 g/mol. The summed E-state index contributed by atoms with van der Waals surface area (Å²) in [7, 11) is 0. The summed E-state index contributed by atoms with van der Waals surface area (Å²) in [6.07, 6.45) is 1.70. The maximum atomic E-state index is 8.65. The largest absolute Gasteiger partial charge is 0.490 e. The van der Waals surface area contributed by atoms with E-state index < -0.39 is 0 Å². The van der Waals surface area contributed by atoms with Gasteiger partial charge in [0.1, 0.15) is 12.4 Å². The lowest BCUT2D eigenvalue weighted by atomic mass is 10.3. The molecule has 0 atom stereocenters. The van der Waals surface area contributed by atoms with Crippen LogP contribution in [0.3, 0.4) is 0 Å². The number of thioether (sulfide) groups is 1. The molecule has 3 heteroatoms. The standard InChI is InChI=1S/C10H12O2S/c1-2-7-12-9-3-5-10(6-4-9)13-8-11/h2-6,11H,1,7-8H2. The second kappa shape index (κ2) is 5.67. The topological polar surface area (TPSA) is 29.5 Å². The van der Waals surface area contributed by atoms with Gasteiger partial charge in [0.2, 0.25) is 0 Å². The van der Waals surface area contributed by atoms with E-state index in [4.69, 9.17) is 9.84 Å². The normalized spacial score (nSPS) is 9.62. The number of rotatable bonds is 5. The maximum absolute atomic E-state index is 8.65. The van der Waals surface area contributed by atoms with Gasteiger partial charge in [-0.3, -0.25) is 0 Å². The number of benzene rings is 1. The lowest BCUT2D eigenvalue weighted by Crippen LogP contribution is -1.91. The molecule has 0 radical (unpaired) electrons. The molecule has 0 aromatic heterocycles. The molecule has 0 aliphatic heterocycles. The predicted molar refractivity (Wildman–Crippen MR) is 55.1 cm³/mol. The Balaban J connectivity index is 2.53. The molecule has 0 aliphatic carbocycles. The van der Waals surface area contributed by atoms with Crippen LogP contribution in [0.15, 0.2) is 41.8 Å². The second-order valence-electron chi connectivity index (χ2n) is 2.34. The van der Waals surface area contributed by atoms with E-state index in [0.29, 0.717) is 6.61 Å². The zero-order valence-electron chi connectivity index (χ0n) is 7.27. The molecule has 70 valence electrons. The number of hydrogen-bond donors (Lipinski definition) is 1. The molecule has 0 aliphatic rings. The Morgan fingerprint density at radius 2 is 2.08 bits per heavy atom. The third-order valence-corrected chi connectivity index (χ3v) is 2.16. The van der Waals surface area contributed by atoms with Gasteiger partial charge in [-0.05, 0) is 24.3 Å². The van der Waals surface area contributed by atoms with Crippen molar-refractivity contribution in [1.82, 2.24) is 0 Å². The molecule has 1 aromatic carbocycles. The molecule has 1 N–H and O–H groups in total. The molecule has 0 spiro atoms. The minimum atomic E-state index is 0.104. The fraction of sp³-hybridized carbons (Fsp3) is 0.200. The molecule has 0 heterocycles. The molecule has 1 rings (SSSR count). The van der Waals surface area contributed by atoms with Crippen LogP contribution in [0.25, 0.3) is 0 Å². The Morgan fingerprint density at radius 3 is 2.62 bits per heavy atom. The number of aliphatic hydroxyl groups excluding tert-OH is 1. The summed E-state index contributed by atoms with van der Waals surface area (Å²) in [5, 5.41) is 8.65. The van der Waals surface area contributed by atoms with Gasteiger partial charge in [0.15, 0.2) is 0 Å². The highest BCUT2D eigenvalue weighted by Gasteiger charge is 1.93. The van der Waals surface area contributed by atoms with Crippen LogP contribution >= 0.6 is 11.8 Å². The van der Waals surface area contributed by atoms with Crippen molar-refractivity contribution in [3.8, 4) is 5.75 Å². The van der Waals surface area contributed by atoms with Gasteiger partial charge in [0, 0.05) is 4.90 Å². The Morgan fingerprint density at radius 1 is 1.38 bits per heavy atom. The van der Waals surface area contributed by atoms with Crippen LogP contribution in [-0.2, 0) is 0 Å². The SMILES string of the molecule is C=CCOc1ccc(SCO)cc1. The van der Waals surface area contributed by atoms with E-state index in [2.05, 4.69) is 6.58 Å². The lowest BCUT2D eigenvalue weighted by molar-refractivity contribution is 0.363. The van der Waals surface area contributed by atoms with E-state index in [-0.39, 0.29) is 5.94 Å². The summed E-state index contributed by atoms with van der Waals surface area (Å²) in [4.78, 5) is 1.04. The minimum Gasteiger partial charge on any atom is -0.490 e. The van der Waals surface area contributed by atoms with Crippen LogP contribution in [0.1, 0.15) is 0 Å². The van der Waals surface area contributed by atoms with Gasteiger partial charge in [0.05, 0.1) is 5.94 Å². The smallest absolute Gasteiger partial charge is 0.119 e. The second-order valence-corrected chi connectivity index (χ2v) is 3.36. The summed E-state index contributed by atoms with van der Waals surface area (Å²) < 4.78 is 5.30. The first-order valence-corrected chi connectivity index (χ1v) is 4.93. The van der Waals surface area contributed by atoms with Crippen LogP contribution in [0.5, 0.6) is 5.75 Å². The molecule has 13 heavy (non-hydrogen) atoms. The fourth-order valence-corrected chi connectivity index (χ4v) is 1.34. The Hall–Kier alpha value is -0.930. The van der Waals surface area contributed by atoms with Gasteiger partial charge >= 0.3 is 0 Å². The zero-order valence-corrected chi connectivity index (χ0v) is 8.09. The summed E-state index contributed by atoms with van der Waals surface area (Å²) in [5.74, 6) is 0.926. The average Bonchev–Trinajstić information content (AvgIpc) is 2.17. The Kier molecular flexibility index (Phi) is 4.43. The molecule has 0 amide bonds. The van der Waals surface area contributed by atoms with Gasteiger partial charge in [-0.2, -0.15) is 0 Å². The molecule has 0 saturated heterocycles. The van der Waals surface area contributed by atoms with Crippen LogP contribution in [0.4, 0.5) is 0 Å². The molecular formula is C10H12O2S. The summed E-state index contributed by atoms with van der Waals surface area (Å²) in [6.45, 7) is 4.08. The maximum Gasteiger partial charge on any atom is 0.119 e. The van der Waals surface area contributed by atoms with Crippen molar-refractivity contribution >= 4 is 11.8 Å². The van der Waals surface area contributed by atoms with Crippen molar-refractivity contribution in [3.05, 3.63) is 36.9 Å². The van der Waals surface area contributed by atoms with Gasteiger partial charge < -0.3 is 9.84 Å². The van der Waals surface area contributed by atoms with Gasteiger partial charge in [-0.25, -0.2) is 0 Å². The van der Waals surface area contributed by atoms with Crippen LogP contribution in [0, 0.1) is 0 Å². The van der Waals surface area contributed by atoms with E-state index in [0.717, 1.165) is 10.6 Å². The van der Waals surface area contributed by atoms with Gasteiger partial charge in [-0.15, -0.1) is 0 Å². The molecule has 1 aromatic rings. The van der Waals surface area contributed by atoms with Crippen molar-refractivity contribution < 1.29 is 9.84 Å². The van der Waals surface area contributed by atoms with Crippen molar-refractivity contribution in [2.75, 3.05) is 12.5 Å². The van der Waals surface area contributed by atoms with E-state index in [1.54, 1.807) is 6.08 Å². The van der Waals surface area contributed by atoms with Gasteiger partial charge in [0.25, 0.3) is 0 Å². The quantitative estimate of drug-likeness (QED) is 0.445. The molecule has 2 nitrogen and oxygen atoms in total. The number of ether oxygens (including phenoxy) is 1. The highest BCUT2D eigenvalue weighted by Crippen LogP contribution is 2.20. The lowest BCUT2D eigenvalue weighted by Gasteiger charge is -2.03. The number of hydrogen-bond acceptors (Lipinski definition) is 3. The Bertz CT molecular complexity index is 256. The van der Waals surface area contributed by atoms with Crippen molar-refractivity contribution in [2.24, 2.45) is 0 Å². The Labute approximate surface area is 82.2 Å². The molecule has 0 saturated carbocycles. The van der Waals surface area contributed by atoms with Crippen molar-refractivity contribution in [2.45, 2.75) is 4.90 Å². The predicted octanol–water partition coefficient (Wildman–Crippen LogP) is 2.29.